The van der Waals surface area contributed by atoms with Crippen LogP contribution in [0.1, 0.15) is 5.56 Å². The zero-order valence-corrected chi connectivity index (χ0v) is 11.6. The lowest BCUT2D eigenvalue weighted by molar-refractivity contribution is 0.629. The van der Waals surface area contributed by atoms with Crippen molar-refractivity contribution in [2.75, 3.05) is 5.32 Å². The van der Waals surface area contributed by atoms with Crippen molar-refractivity contribution >= 4 is 44.0 Å². The number of benzene rings is 2. The molecule has 3 rings (SSSR count). The van der Waals surface area contributed by atoms with E-state index >= 15 is 0 Å². The first-order valence-electron chi connectivity index (χ1n) is 5.72. The maximum Gasteiger partial charge on any atom is 0.188 e. The molecule has 0 saturated carbocycles. The van der Waals surface area contributed by atoms with Crippen LogP contribution < -0.4 is 5.32 Å². The Hall–Kier alpha value is -1.65. The van der Waals surface area contributed by atoms with E-state index in [1.807, 2.05) is 25.1 Å². The first kappa shape index (κ1) is 12.4. The summed E-state index contributed by atoms with van der Waals surface area (Å²) in [5, 5.41) is 4.55. The van der Waals surface area contributed by atoms with Crippen LogP contribution in [0, 0.1) is 12.7 Å². The molecule has 0 aliphatic carbocycles. The molecule has 0 saturated heterocycles. The molecular weight excluding hydrogens is 283 g/mol. The summed E-state index contributed by atoms with van der Waals surface area (Å²) in [6.07, 6.45) is 0. The molecule has 0 aliphatic rings. The van der Waals surface area contributed by atoms with E-state index in [-0.39, 0.29) is 5.82 Å². The summed E-state index contributed by atoms with van der Waals surface area (Å²) in [6.45, 7) is 1.97. The SMILES string of the molecule is Cc1cccc(Cl)c1Nc1nc2cc(F)ccc2s1. The molecule has 0 amide bonds. The van der Waals surface area contributed by atoms with Crippen molar-refractivity contribution in [2.24, 2.45) is 0 Å². The number of aromatic nitrogens is 1. The van der Waals surface area contributed by atoms with E-state index in [4.69, 9.17) is 11.6 Å². The highest BCUT2D eigenvalue weighted by Gasteiger charge is 2.08. The Morgan fingerprint density at radius 3 is 2.89 bits per heavy atom. The maximum atomic E-state index is 13.1. The zero-order valence-electron chi connectivity index (χ0n) is 10.1. The van der Waals surface area contributed by atoms with Gasteiger partial charge in [-0.2, -0.15) is 0 Å². The standard InChI is InChI=1S/C14H10ClFN2S/c1-8-3-2-4-10(15)13(8)18-14-17-11-7-9(16)5-6-12(11)19-14/h2-7H,1H3,(H,17,18). The zero-order chi connectivity index (χ0) is 13.4. The molecular formula is C14H10ClFN2S. The van der Waals surface area contributed by atoms with Gasteiger partial charge in [0.2, 0.25) is 0 Å². The number of aryl methyl sites for hydroxylation is 1. The molecule has 96 valence electrons. The van der Waals surface area contributed by atoms with Crippen molar-refractivity contribution in [3.63, 3.8) is 0 Å². The van der Waals surface area contributed by atoms with E-state index in [9.17, 15) is 4.39 Å². The fourth-order valence-electron chi connectivity index (χ4n) is 1.85. The van der Waals surface area contributed by atoms with Crippen molar-refractivity contribution in [2.45, 2.75) is 6.92 Å². The van der Waals surface area contributed by atoms with Crippen LogP contribution in [0.4, 0.5) is 15.2 Å². The van der Waals surface area contributed by atoms with Gasteiger partial charge in [-0.1, -0.05) is 35.1 Å². The van der Waals surface area contributed by atoms with E-state index < -0.39 is 0 Å². The fourth-order valence-corrected chi connectivity index (χ4v) is 2.97. The number of halogens is 2. The van der Waals surface area contributed by atoms with Gasteiger partial charge in [-0.3, -0.25) is 0 Å². The molecule has 2 nitrogen and oxygen atoms in total. The van der Waals surface area contributed by atoms with Crippen LogP contribution in [-0.4, -0.2) is 4.98 Å². The Labute approximate surface area is 118 Å². The van der Waals surface area contributed by atoms with Crippen LogP contribution >= 0.6 is 22.9 Å². The van der Waals surface area contributed by atoms with Gasteiger partial charge in [0.1, 0.15) is 5.82 Å². The van der Waals surface area contributed by atoms with Gasteiger partial charge >= 0.3 is 0 Å². The van der Waals surface area contributed by atoms with Gasteiger partial charge in [0.25, 0.3) is 0 Å². The largest absolute Gasteiger partial charge is 0.330 e. The minimum atomic E-state index is -0.279. The maximum absolute atomic E-state index is 13.1. The third kappa shape index (κ3) is 2.41. The Balaban J connectivity index is 2.01. The highest BCUT2D eigenvalue weighted by molar-refractivity contribution is 7.22. The molecule has 0 atom stereocenters. The van der Waals surface area contributed by atoms with Gasteiger partial charge in [-0.05, 0) is 30.7 Å². The quantitative estimate of drug-likeness (QED) is 0.707. The molecule has 19 heavy (non-hydrogen) atoms. The minimum absolute atomic E-state index is 0.279. The Kier molecular flexibility index (Phi) is 3.12. The van der Waals surface area contributed by atoms with E-state index in [0.717, 1.165) is 16.0 Å². The number of hydrogen-bond donors (Lipinski definition) is 1. The first-order chi connectivity index (χ1) is 9.13. The second-order valence-electron chi connectivity index (χ2n) is 4.19. The van der Waals surface area contributed by atoms with E-state index in [1.54, 1.807) is 6.07 Å². The molecule has 0 fully saturated rings. The van der Waals surface area contributed by atoms with Crippen LogP contribution in [-0.2, 0) is 0 Å². The summed E-state index contributed by atoms with van der Waals surface area (Å²) in [7, 11) is 0. The molecule has 0 aliphatic heterocycles. The normalized spacial score (nSPS) is 10.9. The van der Waals surface area contributed by atoms with E-state index in [1.165, 1.54) is 23.5 Å². The number of anilines is 2. The number of nitrogens with zero attached hydrogens (tertiary/aromatic N) is 1. The molecule has 0 spiro atoms. The van der Waals surface area contributed by atoms with E-state index in [2.05, 4.69) is 10.3 Å². The van der Waals surface area contributed by atoms with Crippen LogP contribution in [0.5, 0.6) is 0 Å². The number of hydrogen-bond acceptors (Lipinski definition) is 3. The Morgan fingerprint density at radius 2 is 2.11 bits per heavy atom. The molecule has 0 radical (unpaired) electrons. The molecule has 3 aromatic rings. The van der Waals surface area contributed by atoms with Crippen molar-refractivity contribution in [3.05, 3.63) is 52.8 Å². The van der Waals surface area contributed by atoms with Crippen molar-refractivity contribution < 1.29 is 4.39 Å². The summed E-state index contributed by atoms with van der Waals surface area (Å²) >= 11 is 7.63. The number of fused-ring (bicyclic) bond motifs is 1. The minimum Gasteiger partial charge on any atom is -0.330 e. The monoisotopic (exact) mass is 292 g/mol. The van der Waals surface area contributed by atoms with Gasteiger partial charge in [0.05, 0.1) is 20.9 Å². The lowest BCUT2D eigenvalue weighted by Gasteiger charge is -2.08. The number of para-hydroxylation sites is 1. The predicted octanol–water partition coefficient (Wildman–Crippen LogP) is 5.14. The molecule has 0 bridgehead atoms. The summed E-state index contributed by atoms with van der Waals surface area (Å²) < 4.78 is 14.1. The highest BCUT2D eigenvalue weighted by atomic mass is 35.5. The predicted molar refractivity (Wildman–Crippen MR) is 79.0 cm³/mol. The summed E-state index contributed by atoms with van der Waals surface area (Å²) in [5.74, 6) is -0.279. The van der Waals surface area contributed by atoms with Crippen LogP contribution in [0.15, 0.2) is 36.4 Å². The lowest BCUT2D eigenvalue weighted by atomic mass is 10.2. The Bertz CT molecular complexity index is 734. The summed E-state index contributed by atoms with van der Waals surface area (Å²) in [6, 6.07) is 10.3. The van der Waals surface area contributed by atoms with Gasteiger partial charge in [0, 0.05) is 6.07 Å². The average molecular weight is 293 g/mol. The number of rotatable bonds is 2. The van der Waals surface area contributed by atoms with Crippen molar-refractivity contribution in [3.8, 4) is 0 Å². The van der Waals surface area contributed by atoms with Crippen LogP contribution in [0.2, 0.25) is 5.02 Å². The van der Waals surface area contributed by atoms with E-state index in [0.29, 0.717) is 15.7 Å². The Morgan fingerprint density at radius 1 is 1.26 bits per heavy atom. The smallest absolute Gasteiger partial charge is 0.188 e. The second kappa shape index (κ2) is 4.79. The van der Waals surface area contributed by atoms with Gasteiger partial charge in [-0.25, -0.2) is 9.37 Å². The molecule has 0 unspecified atom stereocenters. The van der Waals surface area contributed by atoms with Crippen molar-refractivity contribution in [1.29, 1.82) is 0 Å². The molecule has 5 heteroatoms. The third-order valence-corrected chi connectivity index (χ3v) is 4.07. The second-order valence-corrected chi connectivity index (χ2v) is 5.63. The lowest BCUT2D eigenvalue weighted by Crippen LogP contribution is -1.93. The number of nitrogens with one attached hydrogen (secondary N) is 1. The molecule has 2 aromatic carbocycles. The fraction of sp³-hybridized carbons (Fsp3) is 0.0714. The van der Waals surface area contributed by atoms with Crippen LogP contribution in [0.3, 0.4) is 0 Å². The van der Waals surface area contributed by atoms with Crippen molar-refractivity contribution in [1.82, 2.24) is 4.98 Å². The van der Waals surface area contributed by atoms with Crippen LogP contribution in [0.25, 0.3) is 10.2 Å². The molecule has 1 aromatic heterocycles. The number of thiazole rings is 1. The summed E-state index contributed by atoms with van der Waals surface area (Å²) in [4.78, 5) is 4.36. The summed E-state index contributed by atoms with van der Waals surface area (Å²) in [5.41, 5.74) is 2.53. The highest BCUT2D eigenvalue weighted by Crippen LogP contribution is 2.33. The average Bonchev–Trinajstić information content (AvgIpc) is 2.75. The topological polar surface area (TPSA) is 24.9 Å². The first-order valence-corrected chi connectivity index (χ1v) is 6.91. The molecule has 1 heterocycles. The van der Waals surface area contributed by atoms with Gasteiger partial charge < -0.3 is 5.32 Å². The van der Waals surface area contributed by atoms with Gasteiger partial charge in [-0.15, -0.1) is 0 Å². The van der Waals surface area contributed by atoms with Gasteiger partial charge in [0.15, 0.2) is 5.13 Å². The third-order valence-electron chi connectivity index (χ3n) is 2.80. The molecule has 1 N–H and O–H groups in total.